The number of hydrogen-bond donors (Lipinski definition) is 1. The molecule has 0 amide bonds. The summed E-state index contributed by atoms with van der Waals surface area (Å²) in [5, 5.41) is 22.9. The first-order chi connectivity index (χ1) is 14.2. The number of imidazole rings is 1. The van der Waals surface area contributed by atoms with Crippen LogP contribution >= 0.6 is 0 Å². The van der Waals surface area contributed by atoms with Crippen LogP contribution in [0.2, 0.25) is 0 Å². The van der Waals surface area contributed by atoms with Gasteiger partial charge in [-0.2, -0.15) is 5.26 Å². The Morgan fingerprint density at radius 1 is 1.17 bits per heavy atom. The summed E-state index contributed by atoms with van der Waals surface area (Å²) in [5.74, 6) is 0.864. The second kappa shape index (κ2) is 7.61. The third-order valence-corrected chi connectivity index (χ3v) is 4.03. The minimum atomic E-state index is -0.551. The molecule has 0 aliphatic carbocycles. The highest BCUT2D eigenvalue weighted by atomic mass is 16.6. The highest BCUT2D eigenvalue weighted by Gasteiger charge is 2.19. The van der Waals surface area contributed by atoms with E-state index in [0.717, 1.165) is 6.20 Å². The Bertz CT molecular complexity index is 1230. The summed E-state index contributed by atoms with van der Waals surface area (Å²) in [4.78, 5) is 23.6. The van der Waals surface area contributed by atoms with Crippen LogP contribution in [0.25, 0.3) is 17.2 Å². The van der Waals surface area contributed by atoms with Gasteiger partial charge in [-0.3, -0.25) is 14.5 Å². The fraction of sp³-hybridized carbons (Fsp3) is 0.0526. The lowest BCUT2D eigenvalue weighted by molar-refractivity contribution is -0.384. The van der Waals surface area contributed by atoms with E-state index < -0.39 is 4.92 Å². The Labute approximate surface area is 164 Å². The van der Waals surface area contributed by atoms with E-state index in [-0.39, 0.29) is 18.1 Å². The molecule has 10 nitrogen and oxygen atoms in total. The second-order valence-electron chi connectivity index (χ2n) is 5.85. The summed E-state index contributed by atoms with van der Waals surface area (Å²) in [6.45, 7) is -0.0627. The summed E-state index contributed by atoms with van der Waals surface area (Å²) < 4.78 is 7.00. The van der Waals surface area contributed by atoms with Gasteiger partial charge in [-0.25, -0.2) is 15.0 Å². The molecule has 0 unspecified atom stereocenters. The summed E-state index contributed by atoms with van der Waals surface area (Å²) in [6, 6.07) is 14.1. The van der Waals surface area contributed by atoms with Crippen molar-refractivity contribution in [2.45, 2.75) is 0 Å². The topological polar surface area (TPSA) is 131 Å². The lowest BCUT2D eigenvalue weighted by atomic mass is 10.3. The molecule has 0 radical (unpaired) electrons. The maximum atomic E-state index is 11.4. The standard InChI is InChI=1S/C19H13N7O3/c20-8-10-29-14-6-4-13(5-7-14)23-19-16(26(27)28)12-22-18(24-19)15-11-21-17-3-1-2-9-25(15)17/h1-7,9,11-12H,10H2,(H,22,23,24). The fourth-order valence-corrected chi connectivity index (χ4v) is 2.71. The summed E-state index contributed by atoms with van der Waals surface area (Å²) in [5.41, 5.74) is 1.64. The fourth-order valence-electron chi connectivity index (χ4n) is 2.71. The summed E-state index contributed by atoms with van der Waals surface area (Å²) in [6.07, 6.45) is 4.59. The number of nitrogens with one attached hydrogen (secondary N) is 1. The van der Waals surface area contributed by atoms with Crippen molar-refractivity contribution >= 4 is 22.8 Å². The molecule has 3 aromatic heterocycles. The molecule has 0 fully saturated rings. The number of benzene rings is 1. The summed E-state index contributed by atoms with van der Waals surface area (Å²) in [7, 11) is 0. The highest BCUT2D eigenvalue weighted by Crippen LogP contribution is 2.28. The van der Waals surface area contributed by atoms with Crippen LogP contribution in [-0.4, -0.2) is 30.9 Å². The zero-order valence-corrected chi connectivity index (χ0v) is 14.9. The number of rotatable bonds is 6. The van der Waals surface area contributed by atoms with Gasteiger partial charge >= 0.3 is 5.69 Å². The molecule has 0 aliphatic rings. The Kier molecular flexibility index (Phi) is 4.69. The SMILES string of the molecule is N#CCOc1ccc(Nc2nc(-c3cnc4ccccn34)ncc2[N+](=O)[O-])cc1. The van der Waals surface area contributed by atoms with E-state index >= 15 is 0 Å². The molecular weight excluding hydrogens is 374 g/mol. The van der Waals surface area contributed by atoms with E-state index in [1.54, 1.807) is 34.9 Å². The monoisotopic (exact) mass is 387 g/mol. The van der Waals surface area contributed by atoms with Gasteiger partial charge in [-0.1, -0.05) is 6.07 Å². The largest absolute Gasteiger partial charge is 0.479 e. The summed E-state index contributed by atoms with van der Waals surface area (Å²) >= 11 is 0. The van der Waals surface area contributed by atoms with Gasteiger partial charge in [0.15, 0.2) is 12.4 Å². The Morgan fingerprint density at radius 3 is 2.76 bits per heavy atom. The molecule has 1 aromatic carbocycles. The molecule has 0 spiro atoms. The smallest absolute Gasteiger partial charge is 0.329 e. The van der Waals surface area contributed by atoms with Crippen LogP contribution in [-0.2, 0) is 0 Å². The minimum absolute atomic E-state index is 0.0524. The Morgan fingerprint density at radius 2 is 2.00 bits per heavy atom. The average molecular weight is 387 g/mol. The molecule has 0 saturated heterocycles. The van der Waals surface area contributed by atoms with E-state index in [9.17, 15) is 10.1 Å². The predicted octanol–water partition coefficient (Wildman–Crippen LogP) is 3.35. The van der Waals surface area contributed by atoms with Crippen LogP contribution < -0.4 is 10.1 Å². The normalized spacial score (nSPS) is 10.4. The van der Waals surface area contributed by atoms with Crippen LogP contribution in [0.15, 0.2) is 61.1 Å². The van der Waals surface area contributed by atoms with Gasteiger partial charge in [0, 0.05) is 11.9 Å². The van der Waals surface area contributed by atoms with Gasteiger partial charge in [0.2, 0.25) is 5.82 Å². The average Bonchev–Trinajstić information content (AvgIpc) is 3.17. The number of fused-ring (bicyclic) bond motifs is 1. The number of aromatic nitrogens is 4. The molecule has 4 aromatic rings. The van der Waals surface area contributed by atoms with Gasteiger partial charge in [0.25, 0.3) is 0 Å². The van der Waals surface area contributed by atoms with E-state index in [2.05, 4.69) is 20.3 Å². The second-order valence-corrected chi connectivity index (χ2v) is 5.85. The first-order valence-corrected chi connectivity index (χ1v) is 8.46. The Hall–Kier alpha value is -4.52. The molecule has 0 bridgehead atoms. The van der Waals surface area contributed by atoms with Crippen molar-refractivity contribution in [1.82, 2.24) is 19.4 Å². The molecule has 1 N–H and O–H groups in total. The van der Waals surface area contributed by atoms with Crippen LogP contribution in [0, 0.1) is 21.4 Å². The zero-order chi connectivity index (χ0) is 20.2. The maximum absolute atomic E-state index is 11.4. The first-order valence-electron chi connectivity index (χ1n) is 8.46. The number of nitrogens with zero attached hydrogens (tertiary/aromatic N) is 6. The van der Waals surface area contributed by atoms with Crippen LogP contribution in [0.3, 0.4) is 0 Å². The van der Waals surface area contributed by atoms with Crippen molar-refractivity contribution in [3.63, 3.8) is 0 Å². The Balaban J connectivity index is 1.69. The van der Waals surface area contributed by atoms with Crippen LogP contribution in [0.1, 0.15) is 0 Å². The van der Waals surface area contributed by atoms with Crippen molar-refractivity contribution in [2.75, 3.05) is 11.9 Å². The zero-order valence-electron chi connectivity index (χ0n) is 14.9. The van der Waals surface area contributed by atoms with Crippen molar-refractivity contribution in [2.24, 2.45) is 0 Å². The maximum Gasteiger partial charge on any atom is 0.329 e. The lowest BCUT2D eigenvalue weighted by Gasteiger charge is -2.09. The molecular formula is C19H13N7O3. The molecule has 142 valence electrons. The van der Waals surface area contributed by atoms with E-state index in [4.69, 9.17) is 10.00 Å². The van der Waals surface area contributed by atoms with Gasteiger partial charge in [0.1, 0.15) is 29.4 Å². The number of hydrogen-bond acceptors (Lipinski definition) is 8. The van der Waals surface area contributed by atoms with Crippen LogP contribution in [0.5, 0.6) is 5.75 Å². The molecule has 0 aliphatic heterocycles. The van der Waals surface area contributed by atoms with Gasteiger partial charge < -0.3 is 10.1 Å². The number of pyridine rings is 1. The minimum Gasteiger partial charge on any atom is -0.479 e. The first kappa shape index (κ1) is 17.9. The van der Waals surface area contributed by atoms with Crippen molar-refractivity contribution < 1.29 is 9.66 Å². The van der Waals surface area contributed by atoms with Gasteiger partial charge in [0.05, 0.1) is 11.1 Å². The number of nitro groups is 1. The number of anilines is 2. The highest BCUT2D eigenvalue weighted by molar-refractivity contribution is 5.68. The molecule has 29 heavy (non-hydrogen) atoms. The third-order valence-electron chi connectivity index (χ3n) is 4.03. The molecule has 0 saturated carbocycles. The molecule has 0 atom stereocenters. The third kappa shape index (κ3) is 3.65. The molecule has 3 heterocycles. The van der Waals surface area contributed by atoms with Gasteiger partial charge in [-0.05, 0) is 36.4 Å². The number of ether oxygens (including phenoxy) is 1. The van der Waals surface area contributed by atoms with Gasteiger partial charge in [-0.15, -0.1) is 0 Å². The van der Waals surface area contributed by atoms with Crippen molar-refractivity contribution in [1.29, 1.82) is 5.26 Å². The van der Waals surface area contributed by atoms with Crippen molar-refractivity contribution in [3.8, 4) is 23.3 Å². The lowest BCUT2D eigenvalue weighted by Crippen LogP contribution is -2.03. The van der Waals surface area contributed by atoms with E-state index in [1.165, 1.54) is 0 Å². The van der Waals surface area contributed by atoms with Crippen LogP contribution in [0.4, 0.5) is 17.2 Å². The van der Waals surface area contributed by atoms with Crippen molar-refractivity contribution in [3.05, 3.63) is 71.2 Å². The number of nitriles is 1. The molecule has 4 rings (SSSR count). The predicted molar refractivity (Wildman–Crippen MR) is 104 cm³/mol. The quantitative estimate of drug-likeness (QED) is 0.393. The molecule has 10 heteroatoms. The van der Waals surface area contributed by atoms with E-state index in [0.29, 0.717) is 28.6 Å². The van der Waals surface area contributed by atoms with E-state index in [1.807, 2.05) is 30.5 Å².